The van der Waals surface area contributed by atoms with E-state index in [-0.39, 0.29) is 0 Å². The van der Waals surface area contributed by atoms with Gasteiger partial charge in [-0.15, -0.1) is 0 Å². The van der Waals surface area contributed by atoms with E-state index in [1.807, 2.05) is 24.4 Å². The molecule has 0 saturated heterocycles. The van der Waals surface area contributed by atoms with Gasteiger partial charge in [0.1, 0.15) is 0 Å². The van der Waals surface area contributed by atoms with Gasteiger partial charge in [-0.2, -0.15) is 0 Å². The predicted molar refractivity (Wildman–Crippen MR) is 83.2 cm³/mol. The van der Waals surface area contributed by atoms with Crippen molar-refractivity contribution in [1.29, 1.82) is 0 Å². The maximum Gasteiger partial charge on any atom is 0.207 e. The van der Waals surface area contributed by atoms with Gasteiger partial charge in [-0.3, -0.25) is 0 Å². The number of hydrogen-bond acceptors (Lipinski definition) is 2. The van der Waals surface area contributed by atoms with Crippen LogP contribution in [0.5, 0.6) is 0 Å². The molecule has 0 spiro atoms. The summed E-state index contributed by atoms with van der Waals surface area (Å²) in [4.78, 5) is 4.48. The molecular formula is C17H23N3. The summed E-state index contributed by atoms with van der Waals surface area (Å²) in [7, 11) is 0. The molecule has 0 radical (unpaired) electrons. The van der Waals surface area contributed by atoms with E-state index in [1.54, 1.807) is 0 Å². The largest absolute Gasteiger partial charge is 0.326 e. The first kappa shape index (κ1) is 13.2. The van der Waals surface area contributed by atoms with Crippen LogP contribution in [0.15, 0.2) is 42.7 Å². The van der Waals surface area contributed by atoms with Crippen molar-refractivity contribution >= 4 is 11.6 Å². The maximum absolute atomic E-state index is 4.48. The quantitative estimate of drug-likeness (QED) is 0.880. The summed E-state index contributed by atoms with van der Waals surface area (Å²) in [6.45, 7) is 4.75. The number of para-hydroxylation sites is 1. The number of anilines is 2. The lowest BCUT2D eigenvalue weighted by Crippen LogP contribution is -2.23. The van der Waals surface area contributed by atoms with E-state index in [2.05, 4.69) is 47.0 Å². The second kappa shape index (κ2) is 5.70. The predicted octanol–water partition coefficient (Wildman–Crippen LogP) is 4.62. The number of hydrogen-bond donors (Lipinski definition) is 1. The molecule has 3 nitrogen and oxygen atoms in total. The molecule has 1 aliphatic carbocycles. The Morgan fingerprint density at radius 2 is 1.90 bits per heavy atom. The molecule has 0 bridgehead atoms. The Morgan fingerprint density at radius 3 is 2.65 bits per heavy atom. The van der Waals surface area contributed by atoms with Crippen LogP contribution in [0.2, 0.25) is 0 Å². The Labute approximate surface area is 121 Å². The molecule has 1 fully saturated rings. The molecule has 106 valence electrons. The normalized spacial score (nSPS) is 26.4. The van der Waals surface area contributed by atoms with Gasteiger partial charge >= 0.3 is 0 Å². The van der Waals surface area contributed by atoms with Crippen LogP contribution in [0, 0.1) is 11.8 Å². The Balaban J connectivity index is 1.77. The van der Waals surface area contributed by atoms with E-state index >= 15 is 0 Å². The van der Waals surface area contributed by atoms with Crippen LogP contribution in [0.3, 0.4) is 0 Å². The maximum atomic E-state index is 4.48. The van der Waals surface area contributed by atoms with Crippen LogP contribution in [0.1, 0.15) is 39.2 Å². The van der Waals surface area contributed by atoms with Crippen molar-refractivity contribution in [2.75, 3.05) is 5.32 Å². The number of aromatic nitrogens is 2. The molecule has 3 unspecified atom stereocenters. The smallest absolute Gasteiger partial charge is 0.207 e. The fraction of sp³-hybridized carbons (Fsp3) is 0.471. The molecule has 2 aromatic rings. The fourth-order valence-electron chi connectivity index (χ4n) is 3.13. The molecule has 1 heterocycles. The van der Waals surface area contributed by atoms with Crippen LogP contribution in [0.25, 0.3) is 0 Å². The summed E-state index contributed by atoms with van der Waals surface area (Å²) in [5.74, 6) is 2.60. The first-order valence-corrected chi connectivity index (χ1v) is 7.59. The standard InChI is InChI=1S/C17H23N3/c1-13-8-9-16(12-14(13)2)20-11-10-18-17(20)19-15-6-4-3-5-7-15/h3-7,10-11,13-14,16H,8-9,12H2,1-2H3,(H,18,19). The lowest BCUT2D eigenvalue weighted by atomic mass is 9.79. The summed E-state index contributed by atoms with van der Waals surface area (Å²) < 4.78 is 2.31. The average molecular weight is 269 g/mol. The van der Waals surface area contributed by atoms with Crippen LogP contribution in [-0.2, 0) is 0 Å². The minimum Gasteiger partial charge on any atom is -0.326 e. The molecule has 1 aromatic carbocycles. The van der Waals surface area contributed by atoms with Crippen molar-refractivity contribution in [2.45, 2.75) is 39.2 Å². The monoisotopic (exact) mass is 269 g/mol. The zero-order chi connectivity index (χ0) is 13.9. The molecule has 3 rings (SSSR count). The Hall–Kier alpha value is -1.77. The number of nitrogens with one attached hydrogen (secondary N) is 1. The molecule has 1 aromatic heterocycles. The Morgan fingerprint density at radius 1 is 1.10 bits per heavy atom. The molecule has 1 N–H and O–H groups in total. The van der Waals surface area contributed by atoms with E-state index in [4.69, 9.17) is 0 Å². The average Bonchev–Trinajstić information content (AvgIpc) is 2.91. The van der Waals surface area contributed by atoms with Gasteiger partial charge in [0.25, 0.3) is 0 Å². The highest BCUT2D eigenvalue weighted by molar-refractivity contribution is 5.53. The Bertz CT molecular complexity index is 546. The first-order valence-electron chi connectivity index (χ1n) is 7.59. The van der Waals surface area contributed by atoms with E-state index in [9.17, 15) is 0 Å². The van der Waals surface area contributed by atoms with Gasteiger partial charge in [0.05, 0.1) is 0 Å². The third-order valence-corrected chi connectivity index (χ3v) is 4.66. The first-order chi connectivity index (χ1) is 9.74. The summed E-state index contributed by atoms with van der Waals surface area (Å²) in [6, 6.07) is 10.8. The zero-order valence-corrected chi connectivity index (χ0v) is 12.3. The number of nitrogens with zero attached hydrogens (tertiary/aromatic N) is 2. The van der Waals surface area contributed by atoms with Gasteiger partial charge in [0.15, 0.2) is 0 Å². The minimum atomic E-state index is 0.579. The van der Waals surface area contributed by atoms with Gasteiger partial charge in [-0.25, -0.2) is 4.98 Å². The Kier molecular flexibility index (Phi) is 3.77. The molecule has 1 aliphatic rings. The molecule has 0 amide bonds. The highest BCUT2D eigenvalue weighted by Gasteiger charge is 2.26. The van der Waals surface area contributed by atoms with Crippen LogP contribution in [-0.4, -0.2) is 9.55 Å². The lowest BCUT2D eigenvalue weighted by molar-refractivity contribution is 0.212. The van der Waals surface area contributed by atoms with Gasteiger partial charge < -0.3 is 9.88 Å². The number of benzene rings is 1. The fourth-order valence-corrected chi connectivity index (χ4v) is 3.13. The number of imidazole rings is 1. The van der Waals surface area contributed by atoms with Gasteiger partial charge in [-0.1, -0.05) is 32.0 Å². The third kappa shape index (κ3) is 2.72. The molecule has 20 heavy (non-hydrogen) atoms. The summed E-state index contributed by atoms with van der Waals surface area (Å²) in [5, 5.41) is 3.43. The van der Waals surface area contributed by atoms with Crippen molar-refractivity contribution in [3.8, 4) is 0 Å². The molecule has 3 atom stereocenters. The number of rotatable bonds is 3. The molecule has 3 heteroatoms. The van der Waals surface area contributed by atoms with E-state index in [0.717, 1.165) is 23.5 Å². The lowest BCUT2D eigenvalue weighted by Gasteiger charge is -2.33. The molecular weight excluding hydrogens is 246 g/mol. The van der Waals surface area contributed by atoms with E-state index in [0.29, 0.717) is 6.04 Å². The van der Waals surface area contributed by atoms with Crippen LogP contribution < -0.4 is 5.32 Å². The van der Waals surface area contributed by atoms with Gasteiger partial charge in [-0.05, 0) is 43.2 Å². The molecule has 1 saturated carbocycles. The topological polar surface area (TPSA) is 29.9 Å². The van der Waals surface area contributed by atoms with Crippen molar-refractivity contribution in [2.24, 2.45) is 11.8 Å². The van der Waals surface area contributed by atoms with Crippen molar-refractivity contribution < 1.29 is 0 Å². The van der Waals surface area contributed by atoms with Crippen LogP contribution in [0.4, 0.5) is 11.6 Å². The minimum absolute atomic E-state index is 0.579. The highest BCUT2D eigenvalue weighted by atomic mass is 15.2. The van der Waals surface area contributed by atoms with Gasteiger partial charge in [0, 0.05) is 24.1 Å². The summed E-state index contributed by atoms with van der Waals surface area (Å²) in [5.41, 5.74) is 1.09. The summed E-state index contributed by atoms with van der Waals surface area (Å²) >= 11 is 0. The van der Waals surface area contributed by atoms with Crippen molar-refractivity contribution in [1.82, 2.24) is 9.55 Å². The third-order valence-electron chi connectivity index (χ3n) is 4.66. The zero-order valence-electron chi connectivity index (χ0n) is 12.3. The van der Waals surface area contributed by atoms with Crippen molar-refractivity contribution in [3.05, 3.63) is 42.7 Å². The summed E-state index contributed by atoms with van der Waals surface area (Å²) in [6.07, 6.45) is 7.83. The second-order valence-electron chi connectivity index (χ2n) is 6.07. The van der Waals surface area contributed by atoms with Gasteiger partial charge in [0.2, 0.25) is 5.95 Å². The van der Waals surface area contributed by atoms with Crippen molar-refractivity contribution in [3.63, 3.8) is 0 Å². The van der Waals surface area contributed by atoms with E-state index < -0.39 is 0 Å². The van der Waals surface area contributed by atoms with Crippen LogP contribution >= 0.6 is 0 Å². The SMILES string of the molecule is CC1CCC(n2ccnc2Nc2ccccc2)CC1C. The molecule has 0 aliphatic heterocycles. The second-order valence-corrected chi connectivity index (χ2v) is 6.07. The highest BCUT2D eigenvalue weighted by Crippen LogP contribution is 2.37. The van der Waals surface area contributed by atoms with E-state index in [1.165, 1.54) is 19.3 Å².